The predicted molar refractivity (Wildman–Crippen MR) is 165 cm³/mol. The van der Waals surface area contributed by atoms with Crippen LogP contribution in [0.5, 0.6) is 0 Å². The van der Waals surface area contributed by atoms with Crippen LogP contribution in [0, 0.1) is 17.8 Å². The largest absolute Gasteiger partial charge is 0.461 e. The minimum absolute atomic E-state index is 0.0314. The van der Waals surface area contributed by atoms with Crippen molar-refractivity contribution in [2.75, 3.05) is 13.4 Å². The second kappa shape index (κ2) is 11.9. The third-order valence-electron chi connectivity index (χ3n) is 10.3. The normalized spacial score (nSPS) is 34.2. The Hall–Kier alpha value is -3.36. The Morgan fingerprint density at radius 2 is 1.73 bits per heavy atom. The maximum Gasteiger partial charge on any atom is 0.306 e. The molecule has 0 bridgehead atoms. The van der Waals surface area contributed by atoms with Gasteiger partial charge in [0.15, 0.2) is 5.78 Å². The molecule has 0 radical (unpaired) electrons. The van der Waals surface area contributed by atoms with Crippen molar-refractivity contribution in [1.82, 2.24) is 0 Å². The highest BCUT2D eigenvalue weighted by atomic mass is 16.7. The molecule has 4 aliphatic rings. The van der Waals surface area contributed by atoms with Crippen molar-refractivity contribution in [2.45, 2.75) is 76.0 Å². The molecule has 1 aliphatic heterocycles. The Labute approximate surface area is 259 Å². The number of rotatable bonds is 9. The lowest BCUT2D eigenvalue weighted by Crippen LogP contribution is -2.68. The summed E-state index contributed by atoms with van der Waals surface area (Å²) < 4.78 is 25.5. The lowest BCUT2D eigenvalue weighted by molar-refractivity contribution is -0.228. The van der Waals surface area contributed by atoms with Crippen molar-refractivity contribution in [1.29, 1.82) is 0 Å². The molecular formula is C37H42O7. The number of ether oxygens (including phenoxy) is 4. The zero-order chi connectivity index (χ0) is 31.1. The molecule has 44 heavy (non-hydrogen) atoms. The minimum Gasteiger partial charge on any atom is -0.461 e. The number of carbonyl (C=O) groups is 2. The van der Waals surface area contributed by atoms with E-state index in [9.17, 15) is 14.7 Å². The van der Waals surface area contributed by atoms with Gasteiger partial charge in [-0.2, -0.15) is 0 Å². The molecule has 1 saturated heterocycles. The number of fused-ring (bicyclic) bond motifs is 5. The van der Waals surface area contributed by atoms with E-state index in [-0.39, 0.29) is 43.9 Å². The van der Waals surface area contributed by atoms with E-state index in [1.165, 1.54) is 0 Å². The Morgan fingerprint density at radius 3 is 2.41 bits per heavy atom. The minimum atomic E-state index is -1.76. The summed E-state index contributed by atoms with van der Waals surface area (Å²) in [5.41, 5.74) is 0.552. The number of hydrogen-bond acceptors (Lipinski definition) is 7. The van der Waals surface area contributed by atoms with Crippen molar-refractivity contribution < 1.29 is 33.6 Å². The van der Waals surface area contributed by atoms with Crippen molar-refractivity contribution in [3.8, 4) is 0 Å². The van der Waals surface area contributed by atoms with Gasteiger partial charge in [0, 0.05) is 24.7 Å². The summed E-state index contributed by atoms with van der Waals surface area (Å²) in [6.45, 7) is 10.5. The monoisotopic (exact) mass is 598 g/mol. The number of hydrogen-bond donors (Lipinski definition) is 1. The van der Waals surface area contributed by atoms with E-state index < -0.39 is 34.7 Å². The first kappa shape index (κ1) is 30.7. The Balaban J connectivity index is 1.39. The maximum atomic E-state index is 13.8. The fourth-order valence-electron chi connectivity index (χ4n) is 8.09. The number of aryl methyl sites for hydroxylation is 1. The molecular weight excluding hydrogens is 556 g/mol. The van der Waals surface area contributed by atoms with Crippen LogP contribution in [0.15, 0.2) is 96.1 Å². The smallest absolute Gasteiger partial charge is 0.306 e. The molecule has 1 heterocycles. The van der Waals surface area contributed by atoms with Crippen LogP contribution in [-0.4, -0.2) is 53.2 Å². The van der Waals surface area contributed by atoms with E-state index in [2.05, 4.69) is 13.5 Å². The number of Topliss-reactive ketones (excluding diaryl/α,β-unsaturated/α-hetero) is 1. The van der Waals surface area contributed by atoms with Gasteiger partial charge < -0.3 is 24.1 Å². The first-order chi connectivity index (χ1) is 21.1. The number of ketones is 1. The molecule has 0 aromatic heterocycles. The first-order valence-corrected chi connectivity index (χ1v) is 15.5. The molecule has 0 spiro atoms. The van der Waals surface area contributed by atoms with Gasteiger partial charge in [0.05, 0.1) is 12.2 Å². The van der Waals surface area contributed by atoms with Crippen LogP contribution in [0.4, 0.5) is 0 Å². The first-order valence-electron chi connectivity index (χ1n) is 15.5. The van der Waals surface area contributed by atoms with Crippen LogP contribution < -0.4 is 0 Å². The van der Waals surface area contributed by atoms with Crippen LogP contribution in [-0.2, 0) is 41.6 Å². The summed E-state index contributed by atoms with van der Waals surface area (Å²) in [5.74, 6) is -1.90. The second-order valence-electron chi connectivity index (χ2n) is 13.0. The lowest BCUT2D eigenvalue weighted by atomic mass is 9.55. The molecule has 2 aromatic rings. The van der Waals surface area contributed by atoms with E-state index >= 15 is 0 Å². The fourth-order valence-corrected chi connectivity index (χ4v) is 8.09. The zero-order valence-electron chi connectivity index (χ0n) is 25.8. The molecule has 3 aliphatic carbocycles. The predicted octanol–water partition coefficient (Wildman–Crippen LogP) is 5.67. The van der Waals surface area contributed by atoms with Gasteiger partial charge in [0.1, 0.15) is 30.7 Å². The van der Waals surface area contributed by atoms with Gasteiger partial charge in [0.25, 0.3) is 0 Å². The van der Waals surface area contributed by atoms with E-state index in [1.54, 1.807) is 6.92 Å². The van der Waals surface area contributed by atoms with Crippen molar-refractivity contribution in [2.24, 2.45) is 17.8 Å². The van der Waals surface area contributed by atoms with Gasteiger partial charge in [-0.1, -0.05) is 86.3 Å². The fraction of sp³-hybridized carbons (Fsp3) is 0.459. The van der Waals surface area contributed by atoms with Crippen LogP contribution >= 0.6 is 0 Å². The van der Waals surface area contributed by atoms with E-state index in [1.807, 2.05) is 79.7 Å². The summed E-state index contributed by atoms with van der Waals surface area (Å²) in [7, 11) is 0. The highest BCUT2D eigenvalue weighted by Gasteiger charge is 2.70. The van der Waals surface area contributed by atoms with Gasteiger partial charge in [-0.25, -0.2) is 0 Å². The topological polar surface area (TPSA) is 91.3 Å². The molecule has 1 saturated carbocycles. The summed E-state index contributed by atoms with van der Waals surface area (Å²) in [4.78, 5) is 26.7. The molecule has 1 N–H and O–H groups in total. The Morgan fingerprint density at radius 1 is 1.05 bits per heavy atom. The molecule has 2 aromatic carbocycles. The highest BCUT2D eigenvalue weighted by Crippen LogP contribution is 2.61. The van der Waals surface area contributed by atoms with Crippen LogP contribution in [0.25, 0.3) is 0 Å². The van der Waals surface area contributed by atoms with E-state index in [0.717, 1.165) is 16.7 Å². The zero-order valence-corrected chi connectivity index (χ0v) is 25.8. The standard InChI is InChI=1S/C37H42O7/c1-24(2)36-19-26(4)37(43-22-28-13-9-6-10-14-28)30(34(36)42-23-44-36)18-29(20-35(40)31(37)17-25(3)33(35)39)21-41-32(38)16-15-27-11-7-5-8-12-27/h5-14,17-18,26,30-31,34,40H,1,15-16,19-23H2,2-4H3/t26-,30+,31-,34-,35-,36-,37-/m1/s1. The SMILES string of the molecule is C=C(C)[C@]12C[C@@H](C)[C@@]3(OCc4ccccc4)[C@@H](C=C(COC(=O)CCc4ccccc4)C[C@]4(O)C(=O)C(C)=C[C@@H]34)[C@H]1OCO2. The number of carbonyl (C=O) groups excluding carboxylic acids is 2. The molecule has 0 unspecified atom stereocenters. The maximum absolute atomic E-state index is 13.8. The number of esters is 1. The van der Waals surface area contributed by atoms with Crippen molar-refractivity contribution in [3.05, 3.63) is 107 Å². The second-order valence-corrected chi connectivity index (χ2v) is 13.0. The molecule has 0 amide bonds. The summed E-state index contributed by atoms with van der Waals surface area (Å²) in [5, 5.41) is 12.4. The Bertz CT molecular complexity index is 1480. The molecule has 6 rings (SSSR count). The Kier molecular flexibility index (Phi) is 8.26. The molecule has 2 fully saturated rings. The summed E-state index contributed by atoms with van der Waals surface area (Å²) in [6, 6.07) is 19.7. The third kappa shape index (κ3) is 5.10. The third-order valence-corrected chi connectivity index (χ3v) is 10.3. The van der Waals surface area contributed by atoms with Gasteiger partial charge in [0.2, 0.25) is 0 Å². The number of benzene rings is 2. The van der Waals surface area contributed by atoms with Gasteiger partial charge in [-0.05, 0) is 60.5 Å². The number of aliphatic hydroxyl groups is 1. The van der Waals surface area contributed by atoms with Gasteiger partial charge >= 0.3 is 5.97 Å². The van der Waals surface area contributed by atoms with Crippen molar-refractivity contribution in [3.63, 3.8) is 0 Å². The highest BCUT2D eigenvalue weighted by molar-refractivity contribution is 6.04. The molecule has 7 heteroatoms. The van der Waals surface area contributed by atoms with E-state index in [0.29, 0.717) is 30.6 Å². The lowest BCUT2D eigenvalue weighted by Gasteiger charge is -2.58. The summed E-state index contributed by atoms with van der Waals surface area (Å²) in [6.07, 6.45) is 4.84. The van der Waals surface area contributed by atoms with E-state index in [4.69, 9.17) is 18.9 Å². The van der Waals surface area contributed by atoms with Crippen LogP contribution in [0.1, 0.15) is 51.2 Å². The average molecular weight is 599 g/mol. The van der Waals surface area contributed by atoms with Crippen LogP contribution in [0.3, 0.4) is 0 Å². The molecule has 232 valence electrons. The van der Waals surface area contributed by atoms with Gasteiger partial charge in [-0.3, -0.25) is 9.59 Å². The van der Waals surface area contributed by atoms with Gasteiger partial charge in [-0.15, -0.1) is 0 Å². The summed E-state index contributed by atoms with van der Waals surface area (Å²) >= 11 is 0. The average Bonchev–Trinajstić information content (AvgIpc) is 3.52. The van der Waals surface area contributed by atoms with Crippen molar-refractivity contribution >= 4 is 11.8 Å². The molecule has 7 atom stereocenters. The molecule has 7 nitrogen and oxygen atoms in total. The quantitative estimate of drug-likeness (QED) is 0.294. The van der Waals surface area contributed by atoms with Crippen LogP contribution in [0.2, 0.25) is 0 Å².